The summed E-state index contributed by atoms with van der Waals surface area (Å²) in [4.78, 5) is 10.7. The topological polar surface area (TPSA) is 77.8 Å². The van der Waals surface area contributed by atoms with Gasteiger partial charge in [-0.15, -0.1) is 6.58 Å². The van der Waals surface area contributed by atoms with Gasteiger partial charge in [-0.2, -0.15) is 0 Å². The molecule has 0 aliphatic rings. The fourth-order valence-electron chi connectivity index (χ4n) is 2.19. The van der Waals surface area contributed by atoms with Gasteiger partial charge in [-0.1, -0.05) is 29.4 Å². The zero-order chi connectivity index (χ0) is 18.8. The van der Waals surface area contributed by atoms with Gasteiger partial charge in [-0.3, -0.25) is 0 Å². The second-order valence-corrected chi connectivity index (χ2v) is 6.67. The summed E-state index contributed by atoms with van der Waals surface area (Å²) in [6.45, 7) is 10.8. The van der Waals surface area contributed by atoms with Gasteiger partial charge in [0.15, 0.2) is 0 Å². The Hall–Kier alpha value is -1.65. The smallest absolute Gasteiger partial charge is 0.331 e. The number of hydrogen-bond acceptors (Lipinski definition) is 3. The van der Waals surface area contributed by atoms with E-state index in [1.54, 1.807) is 13.0 Å². The van der Waals surface area contributed by atoms with E-state index in [0.29, 0.717) is 12.8 Å². The molecule has 4 nitrogen and oxygen atoms in total. The first-order valence-electron chi connectivity index (χ1n) is 8.34. The minimum atomic E-state index is -1.01. The quantitative estimate of drug-likeness (QED) is 0.391. The molecule has 0 fully saturated rings. The molecule has 24 heavy (non-hydrogen) atoms. The van der Waals surface area contributed by atoms with E-state index in [9.17, 15) is 15.0 Å². The van der Waals surface area contributed by atoms with Crippen LogP contribution in [0.4, 0.5) is 0 Å². The van der Waals surface area contributed by atoms with Crippen LogP contribution in [0.25, 0.3) is 0 Å². The predicted molar refractivity (Wildman–Crippen MR) is 98.8 cm³/mol. The Kier molecular flexibility index (Phi) is 10.2. The number of aliphatic hydroxyl groups is 2. The molecule has 0 aliphatic heterocycles. The average molecular weight is 336 g/mol. The van der Waals surface area contributed by atoms with Crippen molar-refractivity contribution in [3.63, 3.8) is 0 Å². The van der Waals surface area contributed by atoms with Crippen molar-refractivity contribution < 1.29 is 20.1 Å². The van der Waals surface area contributed by atoms with Crippen LogP contribution in [0.1, 0.15) is 59.8 Å². The van der Waals surface area contributed by atoms with Crippen molar-refractivity contribution >= 4 is 5.97 Å². The lowest BCUT2D eigenvalue weighted by Gasteiger charge is -2.16. The largest absolute Gasteiger partial charge is 0.478 e. The molecule has 0 heterocycles. The Morgan fingerprint density at radius 2 is 1.75 bits per heavy atom. The van der Waals surface area contributed by atoms with E-state index in [-0.39, 0.29) is 5.57 Å². The van der Waals surface area contributed by atoms with Crippen LogP contribution in [0, 0.1) is 0 Å². The summed E-state index contributed by atoms with van der Waals surface area (Å²) in [5.41, 5.74) is 1.65. The molecule has 0 aromatic heterocycles. The first-order chi connectivity index (χ1) is 11.1. The maximum atomic E-state index is 10.7. The highest BCUT2D eigenvalue weighted by Crippen LogP contribution is 2.16. The number of aliphatic hydroxyl groups excluding tert-OH is 1. The van der Waals surface area contributed by atoms with Crippen LogP contribution in [0.3, 0.4) is 0 Å². The molecular weight excluding hydrogens is 304 g/mol. The number of aliphatic carboxylic acids is 1. The van der Waals surface area contributed by atoms with Gasteiger partial charge in [0.05, 0.1) is 11.7 Å². The number of carbonyl (C=O) groups is 1. The van der Waals surface area contributed by atoms with Gasteiger partial charge in [-0.25, -0.2) is 4.79 Å². The number of carboxylic acid groups (broad SMARTS) is 1. The summed E-state index contributed by atoms with van der Waals surface area (Å²) < 4.78 is 0. The molecule has 0 radical (unpaired) electrons. The molecule has 0 spiro atoms. The maximum Gasteiger partial charge on any atom is 0.331 e. The van der Waals surface area contributed by atoms with Gasteiger partial charge in [0.25, 0.3) is 0 Å². The minimum Gasteiger partial charge on any atom is -0.478 e. The van der Waals surface area contributed by atoms with Crippen molar-refractivity contribution in [2.75, 3.05) is 0 Å². The summed E-state index contributed by atoms with van der Waals surface area (Å²) in [7, 11) is 0. The highest BCUT2D eigenvalue weighted by atomic mass is 16.4. The molecule has 0 bridgehead atoms. The Labute approximate surface area is 145 Å². The summed E-state index contributed by atoms with van der Waals surface area (Å²) in [5.74, 6) is -1.01. The molecule has 0 saturated carbocycles. The van der Waals surface area contributed by atoms with E-state index in [2.05, 4.69) is 25.7 Å². The number of allylic oxidation sites excluding steroid dienone is 3. The molecule has 0 rings (SSSR count). The van der Waals surface area contributed by atoms with Crippen molar-refractivity contribution in [2.24, 2.45) is 0 Å². The molecule has 0 amide bonds. The third-order valence-corrected chi connectivity index (χ3v) is 3.93. The van der Waals surface area contributed by atoms with Crippen LogP contribution in [0.5, 0.6) is 0 Å². The first-order valence-corrected chi connectivity index (χ1v) is 8.34. The van der Waals surface area contributed by atoms with Crippen LogP contribution in [-0.2, 0) is 4.79 Å². The monoisotopic (exact) mass is 336 g/mol. The Balaban J connectivity index is 4.27. The van der Waals surface area contributed by atoms with Gasteiger partial charge in [0.1, 0.15) is 0 Å². The Morgan fingerprint density at radius 3 is 2.29 bits per heavy atom. The third-order valence-electron chi connectivity index (χ3n) is 3.93. The molecule has 0 aromatic carbocycles. The lowest BCUT2D eigenvalue weighted by Crippen LogP contribution is -2.19. The molecule has 0 aliphatic carbocycles. The second kappa shape index (κ2) is 11.0. The maximum absolute atomic E-state index is 10.7. The van der Waals surface area contributed by atoms with E-state index in [1.807, 2.05) is 6.92 Å². The van der Waals surface area contributed by atoms with Crippen molar-refractivity contribution in [1.82, 2.24) is 0 Å². The lowest BCUT2D eigenvalue weighted by atomic mass is 9.99. The van der Waals surface area contributed by atoms with E-state index in [1.165, 1.54) is 18.6 Å². The van der Waals surface area contributed by atoms with Crippen LogP contribution >= 0.6 is 0 Å². The zero-order valence-electron chi connectivity index (χ0n) is 15.4. The average Bonchev–Trinajstić information content (AvgIpc) is 2.46. The van der Waals surface area contributed by atoms with Crippen LogP contribution in [0.15, 0.2) is 47.6 Å². The van der Waals surface area contributed by atoms with Crippen molar-refractivity contribution in [1.29, 1.82) is 0 Å². The Morgan fingerprint density at radius 1 is 1.17 bits per heavy atom. The molecule has 2 atom stereocenters. The lowest BCUT2D eigenvalue weighted by molar-refractivity contribution is -0.132. The van der Waals surface area contributed by atoms with Crippen molar-refractivity contribution in [3.8, 4) is 0 Å². The number of carboxylic acids is 1. The fraction of sp³-hybridized carbons (Fsp3) is 0.550. The summed E-state index contributed by atoms with van der Waals surface area (Å²) in [6.07, 6.45) is 10.1. The van der Waals surface area contributed by atoms with Gasteiger partial charge in [0.2, 0.25) is 0 Å². The molecule has 3 N–H and O–H groups in total. The van der Waals surface area contributed by atoms with Gasteiger partial charge < -0.3 is 15.3 Å². The number of rotatable bonds is 11. The van der Waals surface area contributed by atoms with Gasteiger partial charge in [0, 0.05) is 5.57 Å². The van der Waals surface area contributed by atoms with Crippen molar-refractivity contribution in [2.45, 2.75) is 71.5 Å². The molecule has 2 unspecified atom stereocenters. The summed E-state index contributed by atoms with van der Waals surface area (Å²) in [5, 5.41) is 28.5. The summed E-state index contributed by atoms with van der Waals surface area (Å²) in [6, 6.07) is 0. The van der Waals surface area contributed by atoms with E-state index < -0.39 is 17.7 Å². The van der Waals surface area contributed by atoms with E-state index >= 15 is 0 Å². The molecule has 136 valence electrons. The van der Waals surface area contributed by atoms with Crippen LogP contribution in [-0.4, -0.2) is 33.0 Å². The highest BCUT2D eigenvalue weighted by Gasteiger charge is 2.13. The van der Waals surface area contributed by atoms with Crippen LogP contribution in [0.2, 0.25) is 0 Å². The summed E-state index contributed by atoms with van der Waals surface area (Å²) >= 11 is 0. The van der Waals surface area contributed by atoms with E-state index in [0.717, 1.165) is 24.8 Å². The highest BCUT2D eigenvalue weighted by molar-refractivity contribution is 5.85. The van der Waals surface area contributed by atoms with Crippen molar-refractivity contribution in [3.05, 3.63) is 47.6 Å². The molecule has 0 saturated heterocycles. The van der Waals surface area contributed by atoms with Gasteiger partial charge in [-0.05, 0) is 65.9 Å². The molecule has 4 heteroatoms. The third kappa shape index (κ3) is 11.0. The fourth-order valence-corrected chi connectivity index (χ4v) is 2.19. The van der Waals surface area contributed by atoms with Gasteiger partial charge >= 0.3 is 5.97 Å². The first kappa shape index (κ1) is 22.4. The van der Waals surface area contributed by atoms with E-state index in [4.69, 9.17) is 5.11 Å². The Bertz CT molecular complexity index is 510. The second-order valence-electron chi connectivity index (χ2n) is 6.67. The SMILES string of the molecule is C=CC(C)(O)CC/C=C(\C)CC/C=C(\C)CC(O)/C=C(\C)C(=O)O. The normalized spacial score (nSPS) is 17.3. The molecular formula is C20H32O4. The predicted octanol–water partition coefficient (Wildman–Crippen LogP) is 4.16. The van der Waals surface area contributed by atoms with Crippen LogP contribution < -0.4 is 0 Å². The standard InChI is InChI=1S/C20H32O4/c1-6-20(5,24)12-8-11-15(2)9-7-10-16(3)13-18(21)14-17(4)19(22)23/h6,10-11,14,18,21,24H,1,7-9,12-13H2,2-5H3,(H,22,23)/b15-11+,16-10+,17-14+. The molecule has 0 aromatic rings. The zero-order valence-corrected chi connectivity index (χ0v) is 15.4. The minimum absolute atomic E-state index is 0.157. The number of hydrogen-bond donors (Lipinski definition) is 3.